The van der Waals surface area contributed by atoms with Crippen molar-refractivity contribution < 1.29 is 0 Å². The van der Waals surface area contributed by atoms with E-state index in [0.29, 0.717) is 5.41 Å². The van der Waals surface area contributed by atoms with Crippen LogP contribution in [0.2, 0.25) is 0 Å². The average molecular weight is 187 g/mol. The van der Waals surface area contributed by atoms with Gasteiger partial charge in [0.25, 0.3) is 0 Å². The van der Waals surface area contributed by atoms with Crippen LogP contribution in [0.25, 0.3) is 4.85 Å². The molecular formula is C13H17N. The molecule has 0 amide bonds. The Hall–Kier alpha value is -1.29. The van der Waals surface area contributed by atoms with Crippen LogP contribution in [0.3, 0.4) is 0 Å². The second-order valence-electron chi connectivity index (χ2n) is 4.97. The molecule has 0 aliphatic carbocycles. The average Bonchev–Trinajstić information content (AvgIpc) is 2.01. The lowest BCUT2D eigenvalue weighted by Crippen LogP contribution is -2.08. The van der Waals surface area contributed by atoms with E-state index >= 15 is 0 Å². The summed E-state index contributed by atoms with van der Waals surface area (Å²) in [7, 11) is 0. The molecule has 14 heavy (non-hydrogen) atoms. The predicted octanol–water partition coefficient (Wildman–Crippen LogP) is 4.13. The molecule has 0 fully saturated rings. The van der Waals surface area contributed by atoms with E-state index in [1.54, 1.807) is 0 Å². The smallest absolute Gasteiger partial charge is 0.190 e. The Morgan fingerprint density at radius 1 is 1.29 bits per heavy atom. The Labute approximate surface area is 86.6 Å². The molecule has 0 N–H and O–H groups in total. The minimum Gasteiger partial charge on any atom is -0.238 e. The highest BCUT2D eigenvalue weighted by Gasteiger charge is 2.11. The van der Waals surface area contributed by atoms with Crippen molar-refractivity contribution in [2.45, 2.75) is 34.1 Å². The van der Waals surface area contributed by atoms with Gasteiger partial charge in [0, 0.05) is 0 Å². The quantitative estimate of drug-likeness (QED) is 0.582. The summed E-state index contributed by atoms with van der Waals surface area (Å²) in [6, 6.07) is 6.10. The monoisotopic (exact) mass is 187 g/mol. The van der Waals surface area contributed by atoms with Crippen molar-refractivity contribution >= 4 is 5.69 Å². The predicted molar refractivity (Wildman–Crippen MR) is 60.6 cm³/mol. The second kappa shape index (κ2) is 3.84. The van der Waals surface area contributed by atoms with Gasteiger partial charge >= 0.3 is 0 Å². The van der Waals surface area contributed by atoms with E-state index < -0.39 is 0 Å². The van der Waals surface area contributed by atoms with E-state index in [9.17, 15) is 0 Å². The van der Waals surface area contributed by atoms with Crippen LogP contribution < -0.4 is 0 Å². The van der Waals surface area contributed by atoms with Gasteiger partial charge < -0.3 is 0 Å². The summed E-state index contributed by atoms with van der Waals surface area (Å²) in [5.74, 6) is 0. The molecule has 1 rings (SSSR count). The highest BCUT2D eigenvalue weighted by atomic mass is 14.6. The summed E-state index contributed by atoms with van der Waals surface area (Å²) < 4.78 is 0. The van der Waals surface area contributed by atoms with Crippen molar-refractivity contribution in [3.05, 3.63) is 40.7 Å². The lowest BCUT2D eigenvalue weighted by atomic mass is 9.87. The summed E-state index contributed by atoms with van der Waals surface area (Å²) in [5.41, 5.74) is 3.48. The molecule has 1 aromatic carbocycles. The normalized spacial score (nSPS) is 11.1. The molecule has 74 valence electrons. The van der Waals surface area contributed by atoms with E-state index in [1.807, 2.05) is 13.0 Å². The van der Waals surface area contributed by atoms with Crippen molar-refractivity contribution in [2.24, 2.45) is 5.41 Å². The summed E-state index contributed by atoms with van der Waals surface area (Å²) >= 11 is 0. The zero-order valence-electron chi connectivity index (χ0n) is 9.39. The third-order valence-corrected chi connectivity index (χ3v) is 2.12. The van der Waals surface area contributed by atoms with Crippen molar-refractivity contribution in [1.82, 2.24) is 0 Å². The molecule has 0 saturated carbocycles. The first kappa shape index (κ1) is 10.8. The van der Waals surface area contributed by atoms with Gasteiger partial charge in [-0.2, -0.15) is 0 Å². The van der Waals surface area contributed by atoms with E-state index in [4.69, 9.17) is 6.57 Å². The Balaban J connectivity index is 2.94. The van der Waals surface area contributed by atoms with Crippen LogP contribution >= 0.6 is 0 Å². The molecule has 1 heteroatoms. The van der Waals surface area contributed by atoms with Gasteiger partial charge in [-0.25, -0.2) is 4.85 Å². The van der Waals surface area contributed by atoms with E-state index in [1.165, 1.54) is 5.56 Å². The lowest BCUT2D eigenvalue weighted by molar-refractivity contribution is 0.411. The number of hydrogen-bond donors (Lipinski definition) is 0. The highest BCUT2D eigenvalue weighted by molar-refractivity contribution is 5.52. The summed E-state index contributed by atoms with van der Waals surface area (Å²) in [6.45, 7) is 15.6. The molecule has 0 aliphatic heterocycles. The van der Waals surface area contributed by atoms with Gasteiger partial charge in [-0.1, -0.05) is 39.0 Å². The van der Waals surface area contributed by atoms with Crippen molar-refractivity contribution in [3.63, 3.8) is 0 Å². The van der Waals surface area contributed by atoms with Crippen LogP contribution in [-0.2, 0) is 6.42 Å². The van der Waals surface area contributed by atoms with Crippen molar-refractivity contribution in [2.75, 3.05) is 0 Å². The standard InChI is InChI=1S/C13H17N/c1-10-8-11(9-13(2,3)4)6-7-12(10)14-5/h6-8H,9H2,1-4H3. The fourth-order valence-corrected chi connectivity index (χ4v) is 1.57. The summed E-state index contributed by atoms with van der Waals surface area (Å²) in [4.78, 5) is 3.46. The topological polar surface area (TPSA) is 4.36 Å². The van der Waals surface area contributed by atoms with Gasteiger partial charge in [-0.15, -0.1) is 0 Å². The molecule has 0 heterocycles. The number of benzene rings is 1. The summed E-state index contributed by atoms with van der Waals surface area (Å²) in [6.07, 6.45) is 1.06. The summed E-state index contributed by atoms with van der Waals surface area (Å²) in [5, 5.41) is 0. The molecule has 0 aromatic heterocycles. The molecule has 1 aromatic rings. The van der Waals surface area contributed by atoms with Crippen LogP contribution in [0.1, 0.15) is 31.9 Å². The Kier molecular flexibility index (Phi) is 2.96. The highest BCUT2D eigenvalue weighted by Crippen LogP contribution is 2.25. The largest absolute Gasteiger partial charge is 0.238 e. The fraction of sp³-hybridized carbons (Fsp3) is 0.462. The number of nitrogens with zero attached hydrogens (tertiary/aromatic N) is 1. The maximum absolute atomic E-state index is 6.96. The molecule has 0 bridgehead atoms. The van der Waals surface area contributed by atoms with Gasteiger partial charge in [0.1, 0.15) is 0 Å². The Bertz CT molecular complexity index is 364. The molecular weight excluding hydrogens is 170 g/mol. The molecule has 0 radical (unpaired) electrons. The Morgan fingerprint density at radius 3 is 2.36 bits per heavy atom. The first-order valence-corrected chi connectivity index (χ1v) is 4.89. The second-order valence-corrected chi connectivity index (χ2v) is 4.97. The number of rotatable bonds is 1. The third-order valence-electron chi connectivity index (χ3n) is 2.12. The van der Waals surface area contributed by atoms with Crippen LogP contribution in [0, 0.1) is 18.9 Å². The van der Waals surface area contributed by atoms with E-state index in [2.05, 4.69) is 37.7 Å². The Morgan fingerprint density at radius 2 is 1.93 bits per heavy atom. The molecule has 1 nitrogen and oxygen atoms in total. The van der Waals surface area contributed by atoms with Gasteiger partial charge in [-0.3, -0.25) is 0 Å². The minimum absolute atomic E-state index is 0.312. The maximum Gasteiger partial charge on any atom is 0.190 e. The zero-order chi connectivity index (χ0) is 10.8. The van der Waals surface area contributed by atoms with Crippen LogP contribution in [0.4, 0.5) is 5.69 Å². The first-order chi connectivity index (χ1) is 6.42. The van der Waals surface area contributed by atoms with Crippen LogP contribution in [-0.4, -0.2) is 0 Å². The molecule has 0 spiro atoms. The third kappa shape index (κ3) is 2.88. The molecule has 0 aliphatic rings. The van der Waals surface area contributed by atoms with Gasteiger partial charge in [-0.05, 0) is 29.9 Å². The number of aryl methyl sites for hydroxylation is 1. The van der Waals surface area contributed by atoms with Crippen molar-refractivity contribution in [1.29, 1.82) is 0 Å². The van der Waals surface area contributed by atoms with Crippen LogP contribution in [0.5, 0.6) is 0 Å². The van der Waals surface area contributed by atoms with Gasteiger partial charge in [0.2, 0.25) is 0 Å². The van der Waals surface area contributed by atoms with E-state index in [0.717, 1.165) is 17.7 Å². The zero-order valence-corrected chi connectivity index (χ0v) is 9.39. The fourth-order valence-electron chi connectivity index (χ4n) is 1.57. The number of hydrogen-bond acceptors (Lipinski definition) is 0. The van der Waals surface area contributed by atoms with Crippen molar-refractivity contribution in [3.8, 4) is 0 Å². The lowest BCUT2D eigenvalue weighted by Gasteiger charge is -2.18. The molecule has 0 saturated heterocycles. The minimum atomic E-state index is 0.312. The maximum atomic E-state index is 6.96. The van der Waals surface area contributed by atoms with Crippen LogP contribution in [0.15, 0.2) is 18.2 Å². The van der Waals surface area contributed by atoms with Gasteiger partial charge in [0.05, 0.1) is 6.57 Å². The molecule has 0 atom stereocenters. The SMILES string of the molecule is [C-]#[N+]c1ccc(CC(C)(C)C)cc1C. The molecule has 0 unspecified atom stereocenters. The van der Waals surface area contributed by atoms with E-state index in [-0.39, 0.29) is 0 Å². The van der Waals surface area contributed by atoms with Gasteiger partial charge in [0.15, 0.2) is 5.69 Å². The first-order valence-electron chi connectivity index (χ1n) is 4.89.